The third-order valence-electron chi connectivity index (χ3n) is 1.41. The van der Waals surface area contributed by atoms with Crippen molar-refractivity contribution in [3.63, 3.8) is 0 Å². The van der Waals surface area contributed by atoms with Gasteiger partial charge in [-0.3, -0.25) is 4.98 Å². The van der Waals surface area contributed by atoms with Crippen molar-refractivity contribution >= 4 is 24.8 Å². The second-order valence-electron chi connectivity index (χ2n) is 3.52. The van der Waals surface area contributed by atoms with Crippen LogP contribution in [0.5, 0.6) is 0 Å². The molecule has 0 aliphatic carbocycles. The zero-order chi connectivity index (χ0) is 8.32. The van der Waals surface area contributed by atoms with E-state index < -0.39 is 0 Å². The Morgan fingerprint density at radius 2 is 1.69 bits per heavy atom. The maximum Gasteiger partial charge on any atom is 0.0270 e. The summed E-state index contributed by atoms with van der Waals surface area (Å²) in [5, 5.41) is 0. The van der Waals surface area contributed by atoms with Crippen LogP contribution in [0.1, 0.15) is 19.4 Å². The molecule has 0 fully saturated rings. The fourth-order valence-electron chi connectivity index (χ4n) is 1.03. The van der Waals surface area contributed by atoms with E-state index in [0.29, 0.717) is 0 Å². The van der Waals surface area contributed by atoms with Gasteiger partial charge in [-0.05, 0) is 38.0 Å². The van der Waals surface area contributed by atoms with Crippen molar-refractivity contribution in [1.29, 1.82) is 0 Å². The third-order valence-corrected chi connectivity index (χ3v) is 1.41. The number of hydrogen-bond acceptors (Lipinski definition) is 2. The molecule has 0 unspecified atom stereocenters. The standard InChI is InChI=1S/C9H14N2.2ClH/c1-9(2,10)7-8-3-5-11-6-4-8;;/h3-6H,7,10H2,1-2H3;2*1H. The number of aromatic nitrogens is 1. The highest BCUT2D eigenvalue weighted by atomic mass is 35.5. The molecule has 0 bridgehead atoms. The summed E-state index contributed by atoms with van der Waals surface area (Å²) in [6, 6.07) is 3.99. The molecule has 0 amide bonds. The summed E-state index contributed by atoms with van der Waals surface area (Å²) in [6.45, 7) is 4.04. The first-order valence-corrected chi connectivity index (χ1v) is 3.76. The lowest BCUT2D eigenvalue weighted by Crippen LogP contribution is -2.34. The van der Waals surface area contributed by atoms with E-state index in [4.69, 9.17) is 5.73 Å². The third kappa shape index (κ3) is 6.82. The molecular formula is C9H16Cl2N2. The molecule has 13 heavy (non-hydrogen) atoms. The van der Waals surface area contributed by atoms with Crippen LogP contribution in [-0.2, 0) is 6.42 Å². The molecule has 76 valence electrons. The van der Waals surface area contributed by atoms with Crippen LogP contribution in [0.4, 0.5) is 0 Å². The molecule has 4 heteroatoms. The summed E-state index contributed by atoms with van der Waals surface area (Å²) in [5.41, 5.74) is 6.97. The fourth-order valence-corrected chi connectivity index (χ4v) is 1.03. The van der Waals surface area contributed by atoms with Crippen molar-refractivity contribution < 1.29 is 0 Å². The molecule has 0 aliphatic heterocycles. The summed E-state index contributed by atoms with van der Waals surface area (Å²) in [7, 11) is 0. The van der Waals surface area contributed by atoms with E-state index in [0.717, 1.165) is 6.42 Å². The predicted octanol–water partition coefficient (Wildman–Crippen LogP) is 2.21. The Bertz CT molecular complexity index is 219. The van der Waals surface area contributed by atoms with Gasteiger partial charge in [0.05, 0.1) is 0 Å². The van der Waals surface area contributed by atoms with Gasteiger partial charge in [0.15, 0.2) is 0 Å². The first-order valence-electron chi connectivity index (χ1n) is 3.76. The highest BCUT2D eigenvalue weighted by Gasteiger charge is 2.10. The van der Waals surface area contributed by atoms with E-state index in [2.05, 4.69) is 4.98 Å². The van der Waals surface area contributed by atoms with Crippen molar-refractivity contribution in [2.45, 2.75) is 25.8 Å². The Labute approximate surface area is 91.8 Å². The molecule has 1 rings (SSSR count). The van der Waals surface area contributed by atoms with E-state index in [-0.39, 0.29) is 30.4 Å². The van der Waals surface area contributed by atoms with Crippen LogP contribution in [0.2, 0.25) is 0 Å². The molecule has 0 saturated heterocycles. The van der Waals surface area contributed by atoms with Crippen molar-refractivity contribution in [3.05, 3.63) is 30.1 Å². The molecule has 1 heterocycles. The molecule has 2 nitrogen and oxygen atoms in total. The molecule has 0 saturated carbocycles. The highest BCUT2D eigenvalue weighted by Crippen LogP contribution is 2.07. The van der Waals surface area contributed by atoms with Gasteiger partial charge in [-0.15, -0.1) is 24.8 Å². The van der Waals surface area contributed by atoms with Gasteiger partial charge < -0.3 is 5.73 Å². The van der Waals surface area contributed by atoms with Gasteiger partial charge in [0.1, 0.15) is 0 Å². The maximum absolute atomic E-state index is 5.85. The van der Waals surface area contributed by atoms with E-state index in [1.807, 2.05) is 26.0 Å². The molecule has 1 aromatic heterocycles. The summed E-state index contributed by atoms with van der Waals surface area (Å²) in [6.07, 6.45) is 4.48. The second-order valence-corrected chi connectivity index (χ2v) is 3.52. The number of pyridine rings is 1. The SMILES string of the molecule is CC(C)(N)Cc1ccncc1.Cl.Cl. The minimum Gasteiger partial charge on any atom is -0.325 e. The Hall–Kier alpha value is -0.310. The summed E-state index contributed by atoms with van der Waals surface area (Å²) in [5.74, 6) is 0. The van der Waals surface area contributed by atoms with Crippen LogP contribution in [-0.4, -0.2) is 10.5 Å². The van der Waals surface area contributed by atoms with Crippen molar-refractivity contribution in [2.24, 2.45) is 5.73 Å². The van der Waals surface area contributed by atoms with E-state index in [1.165, 1.54) is 5.56 Å². The largest absolute Gasteiger partial charge is 0.325 e. The first kappa shape index (κ1) is 15.2. The zero-order valence-electron chi connectivity index (χ0n) is 7.86. The number of rotatable bonds is 2. The van der Waals surface area contributed by atoms with E-state index in [9.17, 15) is 0 Å². The summed E-state index contributed by atoms with van der Waals surface area (Å²) in [4.78, 5) is 3.93. The average Bonchev–Trinajstić information content (AvgIpc) is 1.85. The van der Waals surface area contributed by atoms with Gasteiger partial charge >= 0.3 is 0 Å². The fraction of sp³-hybridized carbons (Fsp3) is 0.444. The summed E-state index contributed by atoms with van der Waals surface area (Å²) < 4.78 is 0. The smallest absolute Gasteiger partial charge is 0.0270 e. The molecule has 0 aliphatic rings. The molecular weight excluding hydrogens is 207 g/mol. The van der Waals surface area contributed by atoms with Crippen LogP contribution < -0.4 is 5.73 Å². The highest BCUT2D eigenvalue weighted by molar-refractivity contribution is 5.85. The Morgan fingerprint density at radius 3 is 2.08 bits per heavy atom. The van der Waals surface area contributed by atoms with Crippen LogP contribution >= 0.6 is 24.8 Å². The van der Waals surface area contributed by atoms with Crippen LogP contribution in [0.3, 0.4) is 0 Å². The summed E-state index contributed by atoms with van der Waals surface area (Å²) >= 11 is 0. The van der Waals surface area contributed by atoms with Gasteiger partial charge in [-0.1, -0.05) is 0 Å². The van der Waals surface area contributed by atoms with E-state index >= 15 is 0 Å². The maximum atomic E-state index is 5.85. The topological polar surface area (TPSA) is 38.9 Å². The lowest BCUT2D eigenvalue weighted by molar-refractivity contribution is 0.516. The number of nitrogens with two attached hydrogens (primary N) is 1. The van der Waals surface area contributed by atoms with Crippen molar-refractivity contribution in [2.75, 3.05) is 0 Å². The zero-order valence-corrected chi connectivity index (χ0v) is 9.49. The van der Waals surface area contributed by atoms with E-state index in [1.54, 1.807) is 12.4 Å². The lowest BCUT2D eigenvalue weighted by atomic mass is 9.97. The lowest BCUT2D eigenvalue weighted by Gasteiger charge is -2.17. The second kappa shape index (κ2) is 6.19. The van der Waals surface area contributed by atoms with Gasteiger partial charge in [0.25, 0.3) is 0 Å². The molecule has 2 N–H and O–H groups in total. The van der Waals surface area contributed by atoms with Crippen LogP contribution in [0.15, 0.2) is 24.5 Å². The van der Waals surface area contributed by atoms with Crippen LogP contribution in [0.25, 0.3) is 0 Å². The molecule has 1 aromatic rings. The Morgan fingerprint density at radius 1 is 1.23 bits per heavy atom. The van der Waals surface area contributed by atoms with Crippen LogP contribution in [0, 0.1) is 0 Å². The Kier molecular flexibility index (Phi) is 7.23. The number of hydrogen-bond donors (Lipinski definition) is 1. The predicted molar refractivity (Wildman–Crippen MR) is 60.7 cm³/mol. The monoisotopic (exact) mass is 222 g/mol. The first-order chi connectivity index (χ1) is 5.08. The molecule has 0 spiro atoms. The van der Waals surface area contributed by atoms with Gasteiger partial charge in [0.2, 0.25) is 0 Å². The minimum atomic E-state index is -0.124. The molecule has 0 atom stereocenters. The van der Waals surface area contributed by atoms with Gasteiger partial charge in [-0.2, -0.15) is 0 Å². The minimum absolute atomic E-state index is 0. The normalized spacial score (nSPS) is 9.77. The van der Waals surface area contributed by atoms with Gasteiger partial charge in [0, 0.05) is 17.9 Å². The van der Waals surface area contributed by atoms with Crippen molar-refractivity contribution in [3.8, 4) is 0 Å². The Balaban J connectivity index is 0. The average molecular weight is 223 g/mol. The van der Waals surface area contributed by atoms with Gasteiger partial charge in [-0.25, -0.2) is 0 Å². The number of halogens is 2. The molecule has 0 radical (unpaired) electrons. The van der Waals surface area contributed by atoms with Crippen molar-refractivity contribution in [1.82, 2.24) is 4.98 Å². The molecule has 0 aromatic carbocycles. The quantitative estimate of drug-likeness (QED) is 0.834. The number of nitrogens with zero attached hydrogens (tertiary/aromatic N) is 1.